The highest BCUT2D eigenvalue weighted by Gasteiger charge is 2.32. The van der Waals surface area contributed by atoms with Crippen LogP contribution in [0, 0.1) is 5.92 Å². The van der Waals surface area contributed by atoms with E-state index in [1.807, 2.05) is 24.7 Å². The summed E-state index contributed by atoms with van der Waals surface area (Å²) in [7, 11) is 1.97. The van der Waals surface area contributed by atoms with E-state index >= 15 is 0 Å². The Kier molecular flexibility index (Phi) is 2.35. The van der Waals surface area contributed by atoms with Crippen LogP contribution in [0.4, 0.5) is 0 Å². The van der Waals surface area contributed by atoms with Crippen molar-refractivity contribution in [2.24, 2.45) is 13.0 Å². The number of aryl methyl sites for hydroxylation is 1. The first-order chi connectivity index (χ1) is 6.57. The first-order valence-corrected chi connectivity index (χ1v) is 5.25. The van der Waals surface area contributed by atoms with Gasteiger partial charge < -0.3 is 9.67 Å². The molecule has 1 N–H and O–H groups in total. The second kappa shape index (κ2) is 3.39. The third-order valence-electron chi connectivity index (χ3n) is 2.89. The molecule has 0 saturated heterocycles. The fourth-order valence-electron chi connectivity index (χ4n) is 1.92. The average molecular weight is 194 g/mol. The molecule has 1 atom stereocenters. The lowest BCUT2D eigenvalue weighted by Gasteiger charge is -2.22. The van der Waals surface area contributed by atoms with Gasteiger partial charge in [-0.2, -0.15) is 0 Å². The van der Waals surface area contributed by atoms with Gasteiger partial charge in [0, 0.05) is 25.9 Å². The standard InChI is InChI=1S/C11H18N2O/c1-11(14,7-9-3-4-9)8-10-12-5-6-13(10)2/h5-6,9,14H,3-4,7-8H2,1-2H3. The maximum absolute atomic E-state index is 10.2. The van der Waals surface area contributed by atoms with E-state index in [0.29, 0.717) is 6.42 Å². The van der Waals surface area contributed by atoms with Gasteiger partial charge in [-0.15, -0.1) is 0 Å². The van der Waals surface area contributed by atoms with E-state index in [2.05, 4.69) is 4.98 Å². The van der Waals surface area contributed by atoms with Gasteiger partial charge in [0.2, 0.25) is 0 Å². The highest BCUT2D eigenvalue weighted by Crippen LogP contribution is 2.37. The van der Waals surface area contributed by atoms with Crippen molar-refractivity contribution in [1.29, 1.82) is 0 Å². The summed E-state index contributed by atoms with van der Waals surface area (Å²) in [5.41, 5.74) is -0.583. The monoisotopic (exact) mass is 194 g/mol. The lowest BCUT2D eigenvalue weighted by Crippen LogP contribution is -2.29. The highest BCUT2D eigenvalue weighted by molar-refractivity contribution is 4.98. The molecule has 1 fully saturated rings. The van der Waals surface area contributed by atoms with Crippen molar-refractivity contribution in [1.82, 2.24) is 9.55 Å². The normalized spacial score (nSPS) is 20.8. The maximum Gasteiger partial charge on any atom is 0.111 e. The smallest absolute Gasteiger partial charge is 0.111 e. The molecule has 1 aliphatic rings. The summed E-state index contributed by atoms with van der Waals surface area (Å²) >= 11 is 0. The van der Waals surface area contributed by atoms with Crippen LogP contribution in [0.25, 0.3) is 0 Å². The van der Waals surface area contributed by atoms with Crippen molar-refractivity contribution in [3.8, 4) is 0 Å². The van der Waals surface area contributed by atoms with Crippen LogP contribution in [-0.2, 0) is 13.5 Å². The molecule has 3 nitrogen and oxygen atoms in total. The van der Waals surface area contributed by atoms with Crippen molar-refractivity contribution >= 4 is 0 Å². The summed E-state index contributed by atoms with van der Waals surface area (Å²) in [6, 6.07) is 0. The van der Waals surface area contributed by atoms with E-state index in [9.17, 15) is 5.11 Å². The molecular weight excluding hydrogens is 176 g/mol. The molecule has 1 heterocycles. The highest BCUT2D eigenvalue weighted by atomic mass is 16.3. The predicted molar refractivity (Wildman–Crippen MR) is 54.9 cm³/mol. The van der Waals surface area contributed by atoms with Gasteiger partial charge in [-0.05, 0) is 19.3 Å². The quantitative estimate of drug-likeness (QED) is 0.789. The summed E-state index contributed by atoms with van der Waals surface area (Å²) in [6.45, 7) is 1.92. The van der Waals surface area contributed by atoms with Crippen molar-refractivity contribution in [3.05, 3.63) is 18.2 Å². The molecule has 1 aliphatic carbocycles. The molecule has 1 unspecified atom stereocenters. The summed E-state index contributed by atoms with van der Waals surface area (Å²) in [6.07, 6.45) is 7.85. The van der Waals surface area contributed by atoms with Gasteiger partial charge in [0.05, 0.1) is 5.60 Å². The minimum atomic E-state index is -0.583. The summed E-state index contributed by atoms with van der Waals surface area (Å²) in [5, 5.41) is 10.2. The Morgan fingerprint density at radius 3 is 2.86 bits per heavy atom. The van der Waals surface area contributed by atoms with Gasteiger partial charge in [-0.1, -0.05) is 12.8 Å². The van der Waals surface area contributed by atoms with Crippen molar-refractivity contribution in [2.45, 2.75) is 38.2 Å². The average Bonchev–Trinajstić information content (AvgIpc) is 2.77. The third kappa shape index (κ3) is 2.35. The van der Waals surface area contributed by atoms with Crippen LogP contribution in [0.5, 0.6) is 0 Å². The Labute approximate surface area is 84.8 Å². The molecule has 0 bridgehead atoms. The minimum Gasteiger partial charge on any atom is -0.390 e. The van der Waals surface area contributed by atoms with Crippen LogP contribution in [0.3, 0.4) is 0 Å². The van der Waals surface area contributed by atoms with Crippen molar-refractivity contribution in [3.63, 3.8) is 0 Å². The first-order valence-electron chi connectivity index (χ1n) is 5.25. The topological polar surface area (TPSA) is 38.0 Å². The van der Waals surface area contributed by atoms with Crippen molar-refractivity contribution < 1.29 is 5.11 Å². The number of imidazole rings is 1. The predicted octanol–water partition coefficient (Wildman–Crippen LogP) is 1.51. The first kappa shape index (κ1) is 9.71. The van der Waals surface area contributed by atoms with E-state index in [4.69, 9.17) is 0 Å². The Morgan fingerprint density at radius 1 is 1.64 bits per heavy atom. The van der Waals surface area contributed by atoms with Crippen LogP contribution in [0.2, 0.25) is 0 Å². The van der Waals surface area contributed by atoms with Crippen LogP contribution >= 0.6 is 0 Å². The lowest BCUT2D eigenvalue weighted by atomic mass is 9.95. The van der Waals surface area contributed by atoms with E-state index in [1.54, 1.807) is 6.20 Å². The fraction of sp³-hybridized carbons (Fsp3) is 0.727. The molecular formula is C11H18N2O. The SMILES string of the molecule is Cn1ccnc1CC(C)(O)CC1CC1. The minimum absolute atomic E-state index is 0.583. The summed E-state index contributed by atoms with van der Waals surface area (Å²) in [5.74, 6) is 1.72. The van der Waals surface area contributed by atoms with Crippen LogP contribution in [0.1, 0.15) is 32.0 Å². The molecule has 0 aliphatic heterocycles. The Balaban J connectivity index is 1.97. The molecule has 1 saturated carbocycles. The number of aliphatic hydroxyl groups is 1. The molecule has 0 radical (unpaired) electrons. The van der Waals surface area contributed by atoms with Gasteiger partial charge in [-0.25, -0.2) is 4.98 Å². The number of nitrogens with zero attached hydrogens (tertiary/aromatic N) is 2. The maximum atomic E-state index is 10.2. The van der Waals surface area contributed by atoms with E-state index < -0.39 is 5.60 Å². The lowest BCUT2D eigenvalue weighted by molar-refractivity contribution is 0.0429. The summed E-state index contributed by atoms with van der Waals surface area (Å²) in [4.78, 5) is 4.23. The van der Waals surface area contributed by atoms with Gasteiger partial charge >= 0.3 is 0 Å². The molecule has 2 rings (SSSR count). The third-order valence-corrected chi connectivity index (χ3v) is 2.89. The molecule has 1 aromatic heterocycles. The second-order valence-corrected chi connectivity index (χ2v) is 4.78. The van der Waals surface area contributed by atoms with Crippen molar-refractivity contribution in [2.75, 3.05) is 0 Å². The van der Waals surface area contributed by atoms with Gasteiger partial charge in [0.15, 0.2) is 0 Å². The number of rotatable bonds is 4. The largest absolute Gasteiger partial charge is 0.390 e. The fourth-order valence-corrected chi connectivity index (χ4v) is 1.92. The zero-order chi connectivity index (χ0) is 10.2. The van der Waals surface area contributed by atoms with E-state index in [-0.39, 0.29) is 0 Å². The molecule has 14 heavy (non-hydrogen) atoms. The molecule has 1 aromatic rings. The van der Waals surface area contributed by atoms with Crippen LogP contribution < -0.4 is 0 Å². The number of hydrogen-bond acceptors (Lipinski definition) is 2. The van der Waals surface area contributed by atoms with Gasteiger partial charge in [0.25, 0.3) is 0 Å². The molecule has 0 spiro atoms. The Morgan fingerprint density at radius 2 is 2.36 bits per heavy atom. The molecule has 3 heteroatoms. The molecule has 0 aromatic carbocycles. The van der Waals surface area contributed by atoms with Crippen LogP contribution in [-0.4, -0.2) is 20.3 Å². The van der Waals surface area contributed by atoms with Gasteiger partial charge in [-0.3, -0.25) is 0 Å². The molecule has 78 valence electrons. The van der Waals surface area contributed by atoms with Gasteiger partial charge in [0.1, 0.15) is 5.82 Å². The number of hydrogen-bond donors (Lipinski definition) is 1. The second-order valence-electron chi connectivity index (χ2n) is 4.78. The number of aromatic nitrogens is 2. The zero-order valence-corrected chi connectivity index (χ0v) is 8.90. The summed E-state index contributed by atoms with van der Waals surface area (Å²) < 4.78 is 1.97. The Hall–Kier alpha value is -0.830. The zero-order valence-electron chi connectivity index (χ0n) is 8.90. The van der Waals surface area contributed by atoms with E-state index in [0.717, 1.165) is 18.2 Å². The van der Waals surface area contributed by atoms with Crippen LogP contribution in [0.15, 0.2) is 12.4 Å². The van der Waals surface area contributed by atoms with E-state index in [1.165, 1.54) is 12.8 Å². The Bertz CT molecular complexity index is 313. The molecule has 0 amide bonds.